The number of carbonyl (C=O) groups excluding carboxylic acids is 1. The summed E-state index contributed by atoms with van der Waals surface area (Å²) in [6, 6.07) is 9.28. The third-order valence-corrected chi connectivity index (χ3v) is 3.52. The van der Waals surface area contributed by atoms with Crippen molar-refractivity contribution in [2.45, 2.75) is 40.0 Å². The van der Waals surface area contributed by atoms with E-state index < -0.39 is 0 Å². The van der Waals surface area contributed by atoms with E-state index >= 15 is 0 Å². The summed E-state index contributed by atoms with van der Waals surface area (Å²) >= 11 is 0. The molecule has 0 atom stereocenters. The molecule has 1 aromatic carbocycles. The molecule has 0 aromatic heterocycles. The van der Waals surface area contributed by atoms with Gasteiger partial charge >= 0.3 is 0 Å². The number of rotatable bonds is 10. The zero-order valence-electron chi connectivity index (χ0n) is 15.7. The van der Waals surface area contributed by atoms with Crippen LogP contribution >= 0.6 is 24.0 Å². The number of benzene rings is 1. The van der Waals surface area contributed by atoms with Crippen LogP contribution in [-0.2, 0) is 0 Å². The maximum absolute atomic E-state index is 11.9. The molecule has 0 aliphatic carbocycles. The highest BCUT2D eigenvalue weighted by Gasteiger charge is 2.03. The monoisotopic (exact) mass is 460 g/mol. The van der Waals surface area contributed by atoms with Gasteiger partial charge in [-0.3, -0.25) is 9.79 Å². The molecule has 0 saturated carbocycles. The van der Waals surface area contributed by atoms with E-state index in [4.69, 9.17) is 0 Å². The number of guanidine groups is 1. The second kappa shape index (κ2) is 15.0. The van der Waals surface area contributed by atoms with E-state index in [9.17, 15) is 4.79 Å². The van der Waals surface area contributed by atoms with Crippen LogP contribution in [-0.4, -0.2) is 38.0 Å². The number of aliphatic imine (C=N–C) groups is 1. The van der Waals surface area contributed by atoms with Gasteiger partial charge in [0.15, 0.2) is 5.96 Å². The first-order chi connectivity index (χ1) is 11.6. The van der Waals surface area contributed by atoms with E-state index in [0.717, 1.165) is 37.8 Å². The number of halogens is 1. The number of hydrogen-bond acceptors (Lipinski definition) is 2. The van der Waals surface area contributed by atoms with Crippen LogP contribution in [0, 0.1) is 5.92 Å². The molecule has 1 rings (SSSR count). The van der Waals surface area contributed by atoms with Gasteiger partial charge in [0.05, 0.1) is 0 Å². The molecule has 142 valence electrons. The summed E-state index contributed by atoms with van der Waals surface area (Å²) in [5.41, 5.74) is 0.696. The van der Waals surface area contributed by atoms with Crippen molar-refractivity contribution >= 4 is 35.8 Å². The van der Waals surface area contributed by atoms with Gasteiger partial charge in [0.25, 0.3) is 5.91 Å². The average molecular weight is 460 g/mol. The predicted molar refractivity (Wildman–Crippen MR) is 117 cm³/mol. The summed E-state index contributed by atoms with van der Waals surface area (Å²) in [6.07, 6.45) is 3.19. The Kier molecular flexibility index (Phi) is 14.2. The molecule has 0 bridgehead atoms. The fraction of sp³-hybridized carbons (Fsp3) is 0.579. The molecule has 25 heavy (non-hydrogen) atoms. The zero-order valence-corrected chi connectivity index (χ0v) is 18.0. The maximum Gasteiger partial charge on any atom is 0.251 e. The van der Waals surface area contributed by atoms with Crippen molar-refractivity contribution in [1.82, 2.24) is 16.0 Å². The SMILES string of the molecule is CCNC(=NCCCNC(=O)c1ccccc1)NCCCC(C)C.I. The summed E-state index contributed by atoms with van der Waals surface area (Å²) in [4.78, 5) is 16.4. The topological polar surface area (TPSA) is 65.5 Å². The van der Waals surface area contributed by atoms with Gasteiger partial charge in [-0.2, -0.15) is 0 Å². The molecule has 0 aliphatic rings. The molecular formula is C19H33IN4O. The Morgan fingerprint density at radius 2 is 1.72 bits per heavy atom. The van der Waals surface area contributed by atoms with Gasteiger partial charge in [-0.15, -0.1) is 24.0 Å². The Bertz CT molecular complexity index is 491. The van der Waals surface area contributed by atoms with Crippen molar-refractivity contribution in [3.63, 3.8) is 0 Å². The van der Waals surface area contributed by atoms with E-state index in [0.29, 0.717) is 18.7 Å². The Morgan fingerprint density at radius 1 is 1.04 bits per heavy atom. The Labute approximate surface area is 169 Å². The summed E-state index contributed by atoms with van der Waals surface area (Å²) in [5, 5.41) is 9.52. The van der Waals surface area contributed by atoms with Gasteiger partial charge in [0.1, 0.15) is 0 Å². The minimum absolute atomic E-state index is 0. The molecule has 5 nitrogen and oxygen atoms in total. The molecule has 3 N–H and O–H groups in total. The van der Waals surface area contributed by atoms with Crippen molar-refractivity contribution in [2.24, 2.45) is 10.9 Å². The summed E-state index contributed by atoms with van der Waals surface area (Å²) in [6.45, 7) is 9.64. The predicted octanol–water partition coefficient (Wildman–Crippen LogP) is 3.42. The molecule has 6 heteroatoms. The van der Waals surface area contributed by atoms with Gasteiger partial charge in [0, 0.05) is 31.7 Å². The van der Waals surface area contributed by atoms with Crippen LogP contribution in [0.15, 0.2) is 35.3 Å². The number of amides is 1. The smallest absolute Gasteiger partial charge is 0.251 e. The van der Waals surface area contributed by atoms with Crippen LogP contribution in [0.5, 0.6) is 0 Å². The quantitative estimate of drug-likeness (QED) is 0.217. The summed E-state index contributed by atoms with van der Waals surface area (Å²) in [5.74, 6) is 1.56. The number of carbonyl (C=O) groups is 1. The average Bonchev–Trinajstić information content (AvgIpc) is 2.58. The number of hydrogen-bond donors (Lipinski definition) is 3. The van der Waals surface area contributed by atoms with E-state index in [-0.39, 0.29) is 29.9 Å². The Morgan fingerprint density at radius 3 is 2.36 bits per heavy atom. The highest BCUT2D eigenvalue weighted by molar-refractivity contribution is 14.0. The summed E-state index contributed by atoms with van der Waals surface area (Å²) < 4.78 is 0. The van der Waals surface area contributed by atoms with Crippen LogP contribution in [0.3, 0.4) is 0 Å². The molecule has 1 aromatic rings. The Balaban J connectivity index is 0.00000576. The van der Waals surface area contributed by atoms with Gasteiger partial charge in [-0.1, -0.05) is 32.0 Å². The maximum atomic E-state index is 11.9. The van der Waals surface area contributed by atoms with Crippen LogP contribution in [0.1, 0.15) is 50.4 Å². The molecule has 0 aliphatic heterocycles. The lowest BCUT2D eigenvalue weighted by atomic mass is 10.1. The van der Waals surface area contributed by atoms with Crippen molar-refractivity contribution in [1.29, 1.82) is 0 Å². The van der Waals surface area contributed by atoms with Crippen LogP contribution in [0.4, 0.5) is 0 Å². The third-order valence-electron chi connectivity index (χ3n) is 3.52. The van der Waals surface area contributed by atoms with E-state index in [1.807, 2.05) is 30.3 Å². The highest BCUT2D eigenvalue weighted by Crippen LogP contribution is 2.01. The van der Waals surface area contributed by atoms with E-state index in [1.165, 1.54) is 6.42 Å². The van der Waals surface area contributed by atoms with Gasteiger partial charge in [-0.05, 0) is 44.2 Å². The van der Waals surface area contributed by atoms with Crippen LogP contribution in [0.25, 0.3) is 0 Å². The van der Waals surface area contributed by atoms with Crippen molar-refractivity contribution in [2.75, 3.05) is 26.2 Å². The highest BCUT2D eigenvalue weighted by atomic mass is 127. The molecule has 0 saturated heterocycles. The first-order valence-electron chi connectivity index (χ1n) is 8.99. The summed E-state index contributed by atoms with van der Waals surface area (Å²) in [7, 11) is 0. The molecule has 0 fully saturated rings. The van der Waals surface area contributed by atoms with Gasteiger partial charge in [0.2, 0.25) is 0 Å². The Hall–Kier alpha value is -1.31. The van der Waals surface area contributed by atoms with E-state index in [2.05, 4.69) is 41.7 Å². The lowest BCUT2D eigenvalue weighted by Crippen LogP contribution is -2.38. The molecule has 0 radical (unpaired) electrons. The number of nitrogens with zero attached hydrogens (tertiary/aromatic N) is 1. The normalized spacial score (nSPS) is 11.0. The van der Waals surface area contributed by atoms with E-state index in [1.54, 1.807) is 0 Å². The largest absolute Gasteiger partial charge is 0.357 e. The molecule has 1 amide bonds. The van der Waals surface area contributed by atoms with Gasteiger partial charge < -0.3 is 16.0 Å². The van der Waals surface area contributed by atoms with Gasteiger partial charge in [-0.25, -0.2) is 0 Å². The molecule has 0 spiro atoms. The molecule has 0 heterocycles. The third kappa shape index (κ3) is 11.8. The fourth-order valence-electron chi connectivity index (χ4n) is 2.22. The second-order valence-electron chi connectivity index (χ2n) is 6.20. The minimum Gasteiger partial charge on any atom is -0.357 e. The molecular weight excluding hydrogens is 427 g/mol. The molecule has 0 unspecified atom stereocenters. The fourth-order valence-corrected chi connectivity index (χ4v) is 2.22. The zero-order chi connectivity index (χ0) is 17.6. The second-order valence-corrected chi connectivity index (χ2v) is 6.20. The number of nitrogens with one attached hydrogen (secondary N) is 3. The first-order valence-corrected chi connectivity index (χ1v) is 8.99. The lowest BCUT2D eigenvalue weighted by molar-refractivity contribution is 0.0953. The lowest BCUT2D eigenvalue weighted by Gasteiger charge is -2.12. The standard InChI is InChI=1S/C19H32N4O.HI/c1-4-20-19(22-13-8-10-16(2)3)23-15-9-14-21-18(24)17-11-6-5-7-12-17;/h5-7,11-12,16H,4,8-10,13-15H2,1-3H3,(H,21,24)(H2,20,22,23);1H. The minimum atomic E-state index is -0.0294. The van der Waals surface area contributed by atoms with Crippen molar-refractivity contribution in [3.8, 4) is 0 Å². The van der Waals surface area contributed by atoms with Crippen molar-refractivity contribution < 1.29 is 4.79 Å². The first kappa shape index (κ1) is 23.7. The van der Waals surface area contributed by atoms with Crippen LogP contribution in [0.2, 0.25) is 0 Å². The van der Waals surface area contributed by atoms with Crippen LogP contribution < -0.4 is 16.0 Å². The van der Waals surface area contributed by atoms with Crippen molar-refractivity contribution in [3.05, 3.63) is 35.9 Å².